The van der Waals surface area contributed by atoms with Crippen molar-refractivity contribution >= 4 is 32.8 Å². The lowest BCUT2D eigenvalue weighted by molar-refractivity contribution is 0.101. The molecule has 0 aliphatic heterocycles. The largest absolute Gasteiger partial charge is 0.515 e. The van der Waals surface area contributed by atoms with E-state index < -0.39 is 22.3 Å². The van der Waals surface area contributed by atoms with Crippen LogP contribution in [0.2, 0.25) is 0 Å². The van der Waals surface area contributed by atoms with E-state index >= 15 is 0 Å². The molecule has 10 nitrogen and oxygen atoms in total. The number of carbonyl (C=O) groups is 1. The van der Waals surface area contributed by atoms with Crippen LogP contribution in [0.5, 0.6) is 11.6 Å². The Morgan fingerprint density at radius 2 is 1.71 bits per heavy atom. The first-order valence-electron chi connectivity index (χ1n) is 13.7. The van der Waals surface area contributed by atoms with E-state index in [-0.39, 0.29) is 19.3 Å². The van der Waals surface area contributed by atoms with E-state index in [4.69, 9.17) is 14.2 Å². The van der Waals surface area contributed by atoms with Gasteiger partial charge in [-0.15, -0.1) is 0 Å². The second-order valence-electron chi connectivity index (χ2n) is 10.1. The fourth-order valence-electron chi connectivity index (χ4n) is 4.51. The van der Waals surface area contributed by atoms with Crippen LogP contribution in [-0.4, -0.2) is 62.4 Å². The Bertz CT molecular complexity index is 1570. The summed E-state index contributed by atoms with van der Waals surface area (Å²) >= 11 is 0. The maximum absolute atomic E-state index is 12.2. The molecule has 0 unspecified atom stereocenters. The van der Waals surface area contributed by atoms with Crippen LogP contribution >= 0.6 is 0 Å². The van der Waals surface area contributed by atoms with Crippen molar-refractivity contribution in [1.29, 1.82) is 0 Å². The van der Waals surface area contributed by atoms with E-state index in [0.29, 0.717) is 24.7 Å². The number of aliphatic hydroxyl groups excluding tert-OH is 1. The molecule has 3 N–H and O–H groups in total. The van der Waals surface area contributed by atoms with Gasteiger partial charge in [-0.25, -0.2) is 13.2 Å². The number of aromatic nitrogens is 1. The van der Waals surface area contributed by atoms with Gasteiger partial charge in [0, 0.05) is 29.7 Å². The number of nitrogens with zero attached hydrogens (tertiary/aromatic N) is 1. The Hall–Kier alpha value is -4.06. The van der Waals surface area contributed by atoms with Crippen LogP contribution in [0.4, 0.5) is 10.5 Å². The van der Waals surface area contributed by atoms with Crippen LogP contribution in [-0.2, 0) is 27.7 Å². The number of anilines is 1. The highest BCUT2D eigenvalue weighted by Gasteiger charge is 2.16. The van der Waals surface area contributed by atoms with Gasteiger partial charge >= 0.3 is 6.16 Å². The Morgan fingerprint density at radius 1 is 1.00 bits per heavy atom. The Kier molecular flexibility index (Phi) is 10.5. The molecule has 0 aliphatic rings. The van der Waals surface area contributed by atoms with Gasteiger partial charge in [-0.2, -0.15) is 0 Å². The first kappa shape index (κ1) is 30.9. The summed E-state index contributed by atoms with van der Waals surface area (Å²) in [5.41, 5.74) is 3.29. The van der Waals surface area contributed by atoms with Crippen molar-refractivity contribution in [3.05, 3.63) is 90.0 Å². The van der Waals surface area contributed by atoms with Crippen molar-refractivity contribution in [2.24, 2.45) is 0 Å². The Balaban J connectivity index is 1.44. The summed E-state index contributed by atoms with van der Waals surface area (Å²) in [6.07, 6.45) is 0.378. The van der Waals surface area contributed by atoms with Crippen LogP contribution in [0.1, 0.15) is 25.0 Å². The molecule has 224 valence electrons. The van der Waals surface area contributed by atoms with E-state index in [2.05, 4.69) is 23.0 Å². The van der Waals surface area contributed by atoms with Crippen LogP contribution in [0.25, 0.3) is 10.9 Å². The molecule has 4 rings (SSSR count). The molecular weight excluding hydrogens is 558 g/mol. The van der Waals surface area contributed by atoms with Gasteiger partial charge in [0.05, 0.1) is 24.9 Å². The predicted octanol–water partition coefficient (Wildman–Crippen LogP) is 4.56. The standard InChI is InChI=1S/C31H37N3O7S/c1-4-39-31(36)41-30-18-25-17-24(16-22(2)32-19-27(35)21-40-28-8-6-5-7-9-28)12-15-29(25)34(30)20-23-10-13-26(14-11-23)33-42(3,37)38/h5-15,17-18,22,27,32-33,35H,4,16,19-21H2,1-3H3/t22-,27+/m1/s1. The number of sulfonamides is 1. The number of aliphatic hydroxyl groups is 1. The van der Waals surface area contributed by atoms with Gasteiger partial charge in [0.15, 0.2) is 0 Å². The van der Waals surface area contributed by atoms with Crippen molar-refractivity contribution in [2.75, 3.05) is 30.7 Å². The number of benzene rings is 3. The molecule has 42 heavy (non-hydrogen) atoms. The molecule has 2 atom stereocenters. The first-order valence-corrected chi connectivity index (χ1v) is 15.6. The normalized spacial score (nSPS) is 13.0. The second kappa shape index (κ2) is 14.2. The van der Waals surface area contributed by atoms with Gasteiger partial charge < -0.3 is 29.2 Å². The van der Waals surface area contributed by atoms with Crippen LogP contribution < -0.4 is 19.5 Å². The maximum atomic E-state index is 12.2. The summed E-state index contributed by atoms with van der Waals surface area (Å²) in [6, 6.07) is 24.3. The molecule has 11 heteroatoms. The Labute approximate surface area is 246 Å². The molecule has 0 fully saturated rings. The van der Waals surface area contributed by atoms with E-state index in [1.54, 1.807) is 25.1 Å². The fraction of sp³-hybridized carbons (Fsp3) is 0.323. The molecule has 1 heterocycles. The molecule has 4 aromatic rings. The first-order chi connectivity index (χ1) is 20.1. The monoisotopic (exact) mass is 595 g/mol. The molecule has 0 spiro atoms. The van der Waals surface area contributed by atoms with Gasteiger partial charge in [-0.05, 0) is 67.8 Å². The molecular formula is C31H37N3O7S. The van der Waals surface area contributed by atoms with Crippen LogP contribution in [0.15, 0.2) is 78.9 Å². The van der Waals surface area contributed by atoms with Crippen LogP contribution in [0, 0.1) is 0 Å². The number of rotatable bonds is 14. The molecule has 0 saturated carbocycles. The fourth-order valence-corrected chi connectivity index (χ4v) is 5.07. The number of hydrogen-bond donors (Lipinski definition) is 3. The van der Waals surface area contributed by atoms with Crippen molar-refractivity contribution in [1.82, 2.24) is 9.88 Å². The molecule has 0 aliphatic carbocycles. The SMILES string of the molecule is CCOC(=O)Oc1cc2cc(C[C@@H](C)NC[C@H](O)COc3ccccc3)ccc2n1Cc1ccc(NS(C)(=O)=O)cc1. The highest BCUT2D eigenvalue weighted by Crippen LogP contribution is 2.29. The number of para-hydroxylation sites is 1. The number of nitrogens with one attached hydrogen (secondary N) is 2. The zero-order chi connectivity index (χ0) is 30.1. The molecule has 0 saturated heterocycles. The lowest BCUT2D eigenvalue weighted by atomic mass is 10.0. The molecule has 0 amide bonds. The highest BCUT2D eigenvalue weighted by molar-refractivity contribution is 7.92. The third kappa shape index (κ3) is 9.23. The van der Waals surface area contributed by atoms with Gasteiger partial charge in [-0.3, -0.25) is 4.72 Å². The quantitative estimate of drug-likeness (QED) is 0.181. The van der Waals surface area contributed by atoms with E-state index in [9.17, 15) is 18.3 Å². The zero-order valence-electron chi connectivity index (χ0n) is 23.9. The molecule has 1 aromatic heterocycles. The summed E-state index contributed by atoms with van der Waals surface area (Å²) in [4.78, 5) is 12.2. The van der Waals surface area contributed by atoms with Gasteiger partial charge in [0.1, 0.15) is 18.5 Å². The Morgan fingerprint density at radius 3 is 2.40 bits per heavy atom. The summed E-state index contributed by atoms with van der Waals surface area (Å²) in [5.74, 6) is 1.06. The maximum Gasteiger partial charge on any atom is 0.515 e. The number of carbonyl (C=O) groups excluding carboxylic acids is 1. The third-order valence-corrected chi connectivity index (χ3v) is 7.01. The predicted molar refractivity (Wildman–Crippen MR) is 163 cm³/mol. The van der Waals surface area contributed by atoms with Gasteiger partial charge in [-0.1, -0.05) is 36.4 Å². The van der Waals surface area contributed by atoms with Gasteiger partial charge in [0.25, 0.3) is 0 Å². The average Bonchev–Trinajstić information content (AvgIpc) is 3.27. The number of hydrogen-bond acceptors (Lipinski definition) is 8. The van der Waals surface area contributed by atoms with E-state index in [1.165, 1.54) is 0 Å². The minimum atomic E-state index is -3.38. The number of ether oxygens (including phenoxy) is 3. The average molecular weight is 596 g/mol. The lowest BCUT2D eigenvalue weighted by Gasteiger charge is -2.18. The van der Waals surface area contributed by atoms with Crippen molar-refractivity contribution in [3.8, 4) is 11.6 Å². The minimum absolute atomic E-state index is 0.0882. The summed E-state index contributed by atoms with van der Waals surface area (Å²) in [7, 11) is -3.38. The number of fused-ring (bicyclic) bond motifs is 1. The van der Waals surface area contributed by atoms with Crippen molar-refractivity contribution < 1.29 is 32.5 Å². The van der Waals surface area contributed by atoms with Crippen molar-refractivity contribution in [3.63, 3.8) is 0 Å². The third-order valence-electron chi connectivity index (χ3n) is 6.41. The second-order valence-corrected chi connectivity index (χ2v) is 11.9. The zero-order valence-corrected chi connectivity index (χ0v) is 24.8. The summed E-state index contributed by atoms with van der Waals surface area (Å²) in [6.45, 7) is 4.93. The van der Waals surface area contributed by atoms with E-state index in [1.807, 2.05) is 59.2 Å². The molecule has 0 radical (unpaired) electrons. The van der Waals surface area contributed by atoms with Gasteiger partial charge in [0.2, 0.25) is 15.9 Å². The smallest absolute Gasteiger partial charge is 0.491 e. The minimum Gasteiger partial charge on any atom is -0.491 e. The van der Waals surface area contributed by atoms with Crippen LogP contribution in [0.3, 0.4) is 0 Å². The van der Waals surface area contributed by atoms with Crippen molar-refractivity contribution in [2.45, 2.75) is 39.0 Å². The summed E-state index contributed by atoms with van der Waals surface area (Å²) in [5, 5.41) is 14.6. The highest BCUT2D eigenvalue weighted by atomic mass is 32.2. The topological polar surface area (TPSA) is 128 Å². The van der Waals surface area contributed by atoms with E-state index in [0.717, 1.165) is 40.5 Å². The lowest BCUT2D eigenvalue weighted by Crippen LogP contribution is -2.37. The molecule has 0 bridgehead atoms. The summed E-state index contributed by atoms with van der Waals surface area (Å²) < 4.78 is 43.5. The molecule has 3 aromatic carbocycles.